The van der Waals surface area contributed by atoms with Gasteiger partial charge in [0.05, 0.1) is 24.8 Å². The minimum atomic E-state index is -0.967. The van der Waals surface area contributed by atoms with Crippen LogP contribution < -0.4 is 20.1 Å². The van der Waals surface area contributed by atoms with Crippen molar-refractivity contribution in [2.24, 2.45) is 4.99 Å². The van der Waals surface area contributed by atoms with Crippen molar-refractivity contribution >= 4 is 11.6 Å². The van der Waals surface area contributed by atoms with Crippen molar-refractivity contribution in [1.29, 1.82) is 10.5 Å². The number of fused-ring (bicyclic) bond motifs is 1. The van der Waals surface area contributed by atoms with Crippen LogP contribution in [0.2, 0.25) is 0 Å². The molecule has 0 fully saturated rings. The second kappa shape index (κ2) is 8.09. The van der Waals surface area contributed by atoms with Gasteiger partial charge in [-0.2, -0.15) is 10.5 Å². The van der Waals surface area contributed by atoms with Crippen molar-refractivity contribution in [2.75, 3.05) is 12.4 Å². The fourth-order valence-corrected chi connectivity index (χ4v) is 3.13. The highest BCUT2D eigenvalue weighted by atomic mass is 16.5. The summed E-state index contributed by atoms with van der Waals surface area (Å²) in [7, 11) is 1.58. The Bertz CT molecular complexity index is 1000. The number of aliphatic hydroxyl groups excluding tert-OH is 1. The van der Waals surface area contributed by atoms with Crippen molar-refractivity contribution in [2.45, 2.75) is 31.6 Å². The van der Waals surface area contributed by atoms with Gasteiger partial charge in [0.2, 0.25) is 12.2 Å². The number of benzene rings is 2. The van der Waals surface area contributed by atoms with Crippen LogP contribution in [-0.2, 0) is 0 Å². The maximum absolute atomic E-state index is 10.9. The number of hydrogen-bond acceptors (Lipinski definition) is 6. The van der Waals surface area contributed by atoms with Crippen LogP contribution in [0.5, 0.6) is 11.5 Å². The van der Waals surface area contributed by atoms with Gasteiger partial charge in [-0.3, -0.25) is 0 Å². The van der Waals surface area contributed by atoms with Crippen molar-refractivity contribution in [3.8, 4) is 23.8 Å². The molecular formula is C21H21N5O3. The third-order valence-electron chi connectivity index (χ3n) is 4.68. The lowest BCUT2D eigenvalue weighted by Crippen LogP contribution is -2.54. The van der Waals surface area contributed by atoms with E-state index in [9.17, 15) is 10.4 Å². The molecule has 1 heterocycles. The lowest BCUT2D eigenvalue weighted by molar-refractivity contribution is -0.0610. The van der Waals surface area contributed by atoms with E-state index in [0.717, 1.165) is 0 Å². The molecule has 0 amide bonds. The van der Waals surface area contributed by atoms with Crippen LogP contribution in [0.3, 0.4) is 0 Å². The van der Waals surface area contributed by atoms with Crippen molar-refractivity contribution < 1.29 is 14.6 Å². The summed E-state index contributed by atoms with van der Waals surface area (Å²) in [5.74, 6) is 1.41. The maximum atomic E-state index is 10.9. The molecule has 1 aliphatic heterocycles. The molecule has 2 aromatic rings. The largest absolute Gasteiger partial charge is 0.497 e. The number of methoxy groups -OCH3 is 1. The van der Waals surface area contributed by atoms with Gasteiger partial charge in [-0.1, -0.05) is 0 Å². The Labute approximate surface area is 169 Å². The molecule has 29 heavy (non-hydrogen) atoms. The first-order valence-electron chi connectivity index (χ1n) is 8.93. The quantitative estimate of drug-likeness (QED) is 0.418. The number of aliphatic imine (C=N–C) groups is 1. The van der Waals surface area contributed by atoms with Gasteiger partial charge in [-0.05, 0) is 56.3 Å². The zero-order valence-electron chi connectivity index (χ0n) is 16.3. The van der Waals surface area contributed by atoms with E-state index in [-0.39, 0.29) is 5.96 Å². The topological polar surface area (TPSA) is 123 Å². The second-order valence-electron chi connectivity index (χ2n) is 7.05. The van der Waals surface area contributed by atoms with Gasteiger partial charge in [-0.25, -0.2) is 0 Å². The predicted octanol–water partition coefficient (Wildman–Crippen LogP) is 2.68. The average Bonchev–Trinajstić information content (AvgIpc) is 2.71. The van der Waals surface area contributed by atoms with E-state index >= 15 is 0 Å². The standard InChI is InChI=1S/C21H21N5O3/c1-21(2)19(27)18(16-10-13(11-22)4-9-17(16)29-21)26-20(24-12-23)25-14-5-7-15(28-3)8-6-14/h4-10,18-19,27H,1-3H3,(H2,24,25,26)/t18-,19+/m0/s1. The van der Waals surface area contributed by atoms with Crippen LogP contribution in [0, 0.1) is 22.8 Å². The van der Waals surface area contributed by atoms with E-state index in [2.05, 4.69) is 21.7 Å². The SMILES string of the molecule is COc1ccc(NC(=NC#N)N[C@H]2c3cc(C#N)ccc3OC(C)(C)[C@@H]2O)cc1. The molecule has 0 saturated heterocycles. The van der Waals surface area contributed by atoms with Crippen molar-refractivity contribution in [3.63, 3.8) is 0 Å². The van der Waals surface area contributed by atoms with Crippen molar-refractivity contribution in [1.82, 2.24) is 5.32 Å². The molecule has 148 valence electrons. The molecule has 0 spiro atoms. The van der Waals surface area contributed by atoms with Crippen LogP contribution in [0.4, 0.5) is 5.69 Å². The molecule has 0 radical (unpaired) electrons. The number of nitrogens with zero attached hydrogens (tertiary/aromatic N) is 3. The minimum absolute atomic E-state index is 0.160. The molecule has 3 N–H and O–H groups in total. The maximum Gasteiger partial charge on any atom is 0.212 e. The molecule has 0 saturated carbocycles. The van der Waals surface area contributed by atoms with Crippen molar-refractivity contribution in [3.05, 3.63) is 53.6 Å². The Kier molecular flexibility index (Phi) is 5.58. The average molecular weight is 391 g/mol. The zero-order valence-corrected chi connectivity index (χ0v) is 16.3. The molecular weight excluding hydrogens is 370 g/mol. The molecule has 3 rings (SSSR count). The van der Waals surface area contributed by atoms with Gasteiger partial charge >= 0.3 is 0 Å². The summed E-state index contributed by atoms with van der Waals surface area (Å²) in [6.07, 6.45) is 0.788. The molecule has 0 unspecified atom stereocenters. The van der Waals surface area contributed by atoms with Crippen LogP contribution in [0.25, 0.3) is 0 Å². The van der Waals surface area contributed by atoms with Gasteiger partial charge in [0.25, 0.3) is 0 Å². The number of ether oxygens (including phenoxy) is 2. The monoisotopic (exact) mass is 391 g/mol. The summed E-state index contributed by atoms with van der Waals surface area (Å²) in [5.41, 5.74) is 0.835. The number of aliphatic hydroxyl groups is 1. The van der Waals surface area contributed by atoms with Gasteiger partial charge in [0.15, 0.2) is 0 Å². The summed E-state index contributed by atoms with van der Waals surface area (Å²) < 4.78 is 11.0. The summed E-state index contributed by atoms with van der Waals surface area (Å²) >= 11 is 0. The van der Waals surface area contributed by atoms with Crippen LogP contribution in [0.15, 0.2) is 47.5 Å². The lowest BCUT2D eigenvalue weighted by Gasteiger charge is -2.42. The fourth-order valence-electron chi connectivity index (χ4n) is 3.13. The van der Waals surface area contributed by atoms with E-state index in [1.807, 2.05) is 0 Å². The van der Waals surface area contributed by atoms with Gasteiger partial charge in [0, 0.05) is 11.3 Å². The van der Waals surface area contributed by atoms with E-state index < -0.39 is 17.7 Å². The summed E-state index contributed by atoms with van der Waals surface area (Å²) in [6, 6.07) is 13.5. The number of hydrogen-bond donors (Lipinski definition) is 3. The van der Waals surface area contributed by atoms with E-state index in [4.69, 9.17) is 14.7 Å². The Morgan fingerprint density at radius 3 is 2.55 bits per heavy atom. The Balaban J connectivity index is 1.93. The van der Waals surface area contributed by atoms with Crippen LogP contribution in [-0.4, -0.2) is 29.9 Å². The van der Waals surface area contributed by atoms with Crippen LogP contribution >= 0.6 is 0 Å². The van der Waals surface area contributed by atoms with E-state index in [1.54, 1.807) is 69.6 Å². The molecule has 0 aliphatic carbocycles. The molecule has 2 atom stereocenters. The normalized spacial score (nSPS) is 19.7. The van der Waals surface area contributed by atoms with E-state index in [0.29, 0.717) is 28.3 Å². The Morgan fingerprint density at radius 1 is 1.21 bits per heavy atom. The highest BCUT2D eigenvalue weighted by Gasteiger charge is 2.43. The Morgan fingerprint density at radius 2 is 1.93 bits per heavy atom. The minimum Gasteiger partial charge on any atom is -0.497 e. The molecule has 1 aliphatic rings. The predicted molar refractivity (Wildman–Crippen MR) is 107 cm³/mol. The number of rotatable bonds is 3. The van der Waals surface area contributed by atoms with E-state index in [1.165, 1.54) is 0 Å². The number of guanidine groups is 1. The highest BCUT2D eigenvalue weighted by molar-refractivity contribution is 5.94. The summed E-state index contributed by atoms with van der Waals surface area (Å²) in [6.45, 7) is 3.54. The molecule has 8 nitrogen and oxygen atoms in total. The first kappa shape index (κ1) is 20.0. The number of nitriles is 2. The molecule has 0 aromatic heterocycles. The molecule has 8 heteroatoms. The van der Waals surface area contributed by atoms with Crippen LogP contribution in [0.1, 0.15) is 31.0 Å². The number of nitrogens with one attached hydrogen (secondary N) is 2. The second-order valence-corrected chi connectivity index (χ2v) is 7.05. The fraction of sp³-hybridized carbons (Fsp3) is 0.286. The number of anilines is 1. The summed E-state index contributed by atoms with van der Waals surface area (Å²) in [5, 5.41) is 35.4. The zero-order chi connectivity index (χ0) is 21.0. The third-order valence-corrected chi connectivity index (χ3v) is 4.68. The first-order valence-corrected chi connectivity index (χ1v) is 8.93. The molecule has 0 bridgehead atoms. The third kappa shape index (κ3) is 4.23. The lowest BCUT2D eigenvalue weighted by atomic mass is 9.86. The van der Waals surface area contributed by atoms with Gasteiger partial charge in [0.1, 0.15) is 23.2 Å². The Hall–Kier alpha value is -3.75. The highest BCUT2D eigenvalue weighted by Crippen LogP contribution is 2.40. The molecule has 2 aromatic carbocycles. The van der Waals surface area contributed by atoms with Gasteiger partial charge in [-0.15, -0.1) is 4.99 Å². The summed E-state index contributed by atoms with van der Waals surface area (Å²) in [4.78, 5) is 3.81. The first-order chi connectivity index (χ1) is 13.9. The smallest absolute Gasteiger partial charge is 0.212 e. The van der Waals surface area contributed by atoms with Gasteiger partial charge < -0.3 is 25.2 Å².